The zero-order chi connectivity index (χ0) is 17.5. The third kappa shape index (κ3) is 5.06. The van der Waals surface area contributed by atoms with Crippen LogP contribution >= 0.6 is 12.2 Å². The SMILES string of the molecule is Cc1cccc(NC(NC(=S)Nc2ccccc2)c2ccccc2)c1. The van der Waals surface area contributed by atoms with Crippen molar-refractivity contribution in [2.24, 2.45) is 0 Å². The fourth-order valence-electron chi connectivity index (χ4n) is 2.57. The van der Waals surface area contributed by atoms with Gasteiger partial charge < -0.3 is 16.0 Å². The molecule has 0 radical (unpaired) electrons. The molecule has 1 atom stereocenters. The van der Waals surface area contributed by atoms with E-state index in [0.29, 0.717) is 5.11 Å². The van der Waals surface area contributed by atoms with Crippen LogP contribution in [0.15, 0.2) is 84.9 Å². The van der Waals surface area contributed by atoms with E-state index in [2.05, 4.69) is 53.2 Å². The summed E-state index contributed by atoms with van der Waals surface area (Å²) < 4.78 is 0. The molecule has 0 amide bonds. The van der Waals surface area contributed by atoms with Crippen LogP contribution in [-0.4, -0.2) is 5.11 Å². The molecule has 0 aliphatic heterocycles. The first-order valence-corrected chi connectivity index (χ1v) is 8.62. The smallest absolute Gasteiger partial charge is 0.172 e. The molecule has 3 aromatic rings. The highest BCUT2D eigenvalue weighted by Crippen LogP contribution is 2.19. The van der Waals surface area contributed by atoms with E-state index >= 15 is 0 Å². The van der Waals surface area contributed by atoms with Crippen LogP contribution in [-0.2, 0) is 0 Å². The Morgan fingerprint density at radius 2 is 1.44 bits per heavy atom. The molecule has 0 fully saturated rings. The molecule has 126 valence electrons. The first-order chi connectivity index (χ1) is 12.2. The summed E-state index contributed by atoms with van der Waals surface area (Å²) in [5, 5.41) is 10.7. The predicted octanol–water partition coefficient (Wildman–Crippen LogP) is 5.09. The Bertz CT molecular complexity index is 819. The largest absolute Gasteiger partial charge is 0.362 e. The summed E-state index contributed by atoms with van der Waals surface area (Å²) in [6.45, 7) is 2.08. The lowest BCUT2D eigenvalue weighted by molar-refractivity contribution is 0.739. The van der Waals surface area contributed by atoms with Crippen LogP contribution < -0.4 is 16.0 Å². The number of para-hydroxylation sites is 1. The van der Waals surface area contributed by atoms with Gasteiger partial charge in [-0.1, -0.05) is 60.7 Å². The third-order valence-corrected chi connectivity index (χ3v) is 3.99. The molecule has 3 aromatic carbocycles. The quantitative estimate of drug-likeness (QED) is 0.444. The highest BCUT2D eigenvalue weighted by atomic mass is 32.1. The van der Waals surface area contributed by atoms with Gasteiger partial charge in [0.15, 0.2) is 5.11 Å². The maximum Gasteiger partial charge on any atom is 0.172 e. The molecule has 0 aromatic heterocycles. The molecule has 4 heteroatoms. The molecule has 0 aliphatic rings. The normalized spacial score (nSPS) is 11.4. The molecule has 3 nitrogen and oxygen atoms in total. The number of thiocarbonyl (C=S) groups is 1. The molecular formula is C21H21N3S. The van der Waals surface area contributed by atoms with Crippen LogP contribution in [0, 0.1) is 6.92 Å². The minimum atomic E-state index is -0.133. The molecule has 1 unspecified atom stereocenters. The minimum Gasteiger partial charge on any atom is -0.362 e. The van der Waals surface area contributed by atoms with Crippen LogP contribution in [0.2, 0.25) is 0 Å². The molecule has 3 rings (SSSR count). The summed E-state index contributed by atoms with van der Waals surface area (Å²) in [6.07, 6.45) is -0.133. The number of nitrogens with one attached hydrogen (secondary N) is 3. The molecule has 0 bridgehead atoms. The second-order valence-corrected chi connectivity index (χ2v) is 6.23. The average molecular weight is 347 g/mol. The van der Waals surface area contributed by atoms with E-state index in [9.17, 15) is 0 Å². The summed E-state index contributed by atoms with van der Waals surface area (Å²) in [4.78, 5) is 0. The number of rotatable bonds is 5. The van der Waals surface area contributed by atoms with Crippen molar-refractivity contribution in [3.05, 3.63) is 96.1 Å². The van der Waals surface area contributed by atoms with Crippen molar-refractivity contribution < 1.29 is 0 Å². The summed E-state index contributed by atoms with van der Waals surface area (Å²) in [5.41, 5.74) is 4.33. The Kier molecular flexibility index (Phi) is 5.65. The number of anilines is 2. The number of benzene rings is 3. The van der Waals surface area contributed by atoms with Crippen LogP contribution in [0.3, 0.4) is 0 Å². The Labute approximate surface area is 154 Å². The highest BCUT2D eigenvalue weighted by Gasteiger charge is 2.12. The standard InChI is InChI=1S/C21H21N3S/c1-16-9-8-14-19(15-16)22-20(17-10-4-2-5-11-17)24-21(25)23-18-12-6-3-7-13-18/h2-15,20,22H,1H3,(H2,23,24,25). The molecule has 3 N–H and O–H groups in total. The van der Waals surface area contributed by atoms with Crippen molar-refractivity contribution in [1.29, 1.82) is 0 Å². The van der Waals surface area contributed by atoms with Crippen LogP contribution in [0.1, 0.15) is 17.3 Å². The third-order valence-electron chi connectivity index (χ3n) is 3.77. The van der Waals surface area contributed by atoms with E-state index in [1.54, 1.807) is 0 Å². The Balaban J connectivity index is 1.75. The van der Waals surface area contributed by atoms with Gasteiger partial charge >= 0.3 is 0 Å². The number of hydrogen-bond donors (Lipinski definition) is 3. The van der Waals surface area contributed by atoms with Gasteiger partial charge in [0.2, 0.25) is 0 Å². The van der Waals surface area contributed by atoms with Crippen LogP contribution in [0.25, 0.3) is 0 Å². The topological polar surface area (TPSA) is 36.1 Å². The molecule has 0 saturated carbocycles. The molecule has 0 spiro atoms. The highest BCUT2D eigenvalue weighted by molar-refractivity contribution is 7.80. The molecular weight excluding hydrogens is 326 g/mol. The molecule has 25 heavy (non-hydrogen) atoms. The van der Waals surface area contributed by atoms with Crippen molar-refractivity contribution in [1.82, 2.24) is 5.32 Å². The van der Waals surface area contributed by atoms with Gasteiger partial charge in [-0.3, -0.25) is 0 Å². The van der Waals surface area contributed by atoms with Crippen molar-refractivity contribution in [2.75, 3.05) is 10.6 Å². The van der Waals surface area contributed by atoms with Crippen LogP contribution in [0.4, 0.5) is 11.4 Å². The Morgan fingerprint density at radius 1 is 0.800 bits per heavy atom. The maximum absolute atomic E-state index is 5.49. The van der Waals surface area contributed by atoms with Crippen LogP contribution in [0.5, 0.6) is 0 Å². The van der Waals surface area contributed by atoms with Crippen molar-refractivity contribution in [2.45, 2.75) is 13.1 Å². The zero-order valence-corrected chi connectivity index (χ0v) is 14.9. The minimum absolute atomic E-state index is 0.133. The molecule has 0 saturated heterocycles. The van der Waals surface area contributed by atoms with E-state index in [1.807, 2.05) is 54.6 Å². The Hall–Kier alpha value is -2.85. The van der Waals surface area contributed by atoms with Gasteiger partial charge in [-0.25, -0.2) is 0 Å². The lowest BCUT2D eigenvalue weighted by atomic mass is 10.1. The van der Waals surface area contributed by atoms with Crippen molar-refractivity contribution >= 4 is 28.7 Å². The van der Waals surface area contributed by atoms with Gasteiger partial charge in [0.25, 0.3) is 0 Å². The predicted molar refractivity (Wildman–Crippen MR) is 110 cm³/mol. The van der Waals surface area contributed by atoms with Crippen molar-refractivity contribution in [3.63, 3.8) is 0 Å². The van der Waals surface area contributed by atoms with E-state index in [0.717, 1.165) is 16.9 Å². The second-order valence-electron chi connectivity index (χ2n) is 5.82. The first-order valence-electron chi connectivity index (χ1n) is 8.21. The van der Waals surface area contributed by atoms with Gasteiger partial charge in [-0.2, -0.15) is 0 Å². The zero-order valence-electron chi connectivity index (χ0n) is 14.1. The lowest BCUT2D eigenvalue weighted by Crippen LogP contribution is -2.36. The lowest BCUT2D eigenvalue weighted by Gasteiger charge is -2.24. The van der Waals surface area contributed by atoms with E-state index < -0.39 is 0 Å². The number of aryl methyl sites for hydroxylation is 1. The fourth-order valence-corrected chi connectivity index (χ4v) is 2.81. The molecule has 0 heterocycles. The Morgan fingerprint density at radius 3 is 2.12 bits per heavy atom. The van der Waals surface area contributed by atoms with E-state index in [4.69, 9.17) is 12.2 Å². The number of hydrogen-bond acceptors (Lipinski definition) is 2. The van der Waals surface area contributed by atoms with Crippen molar-refractivity contribution in [3.8, 4) is 0 Å². The summed E-state index contributed by atoms with van der Waals surface area (Å²) in [5.74, 6) is 0. The van der Waals surface area contributed by atoms with Gasteiger partial charge in [0.05, 0.1) is 0 Å². The molecule has 0 aliphatic carbocycles. The van der Waals surface area contributed by atoms with Gasteiger partial charge in [-0.15, -0.1) is 0 Å². The first kappa shape index (κ1) is 17.0. The van der Waals surface area contributed by atoms with E-state index in [1.165, 1.54) is 5.56 Å². The second kappa shape index (κ2) is 8.31. The van der Waals surface area contributed by atoms with E-state index in [-0.39, 0.29) is 6.17 Å². The monoisotopic (exact) mass is 347 g/mol. The van der Waals surface area contributed by atoms with Gasteiger partial charge in [-0.05, 0) is 54.5 Å². The fraction of sp³-hybridized carbons (Fsp3) is 0.0952. The summed E-state index contributed by atoms with van der Waals surface area (Å²) in [6, 6.07) is 28.4. The van der Waals surface area contributed by atoms with Gasteiger partial charge in [0, 0.05) is 11.4 Å². The summed E-state index contributed by atoms with van der Waals surface area (Å²) >= 11 is 5.49. The average Bonchev–Trinajstić information content (AvgIpc) is 2.63. The maximum atomic E-state index is 5.49. The summed E-state index contributed by atoms with van der Waals surface area (Å²) in [7, 11) is 0. The van der Waals surface area contributed by atoms with Gasteiger partial charge in [0.1, 0.15) is 6.17 Å².